The maximum absolute atomic E-state index is 9.83. The van der Waals surface area contributed by atoms with E-state index in [4.69, 9.17) is 4.52 Å². The van der Waals surface area contributed by atoms with Crippen LogP contribution in [0.1, 0.15) is 39.6 Å². The molecule has 2 unspecified atom stereocenters. The molecule has 2 N–H and O–H groups in total. The molecule has 0 aliphatic rings. The lowest BCUT2D eigenvalue weighted by molar-refractivity contribution is 0.126. The average Bonchev–Trinajstić information content (AvgIpc) is 2.59. The third-order valence-electron chi connectivity index (χ3n) is 2.74. The lowest BCUT2D eigenvalue weighted by atomic mass is 9.88. The second-order valence-electron chi connectivity index (χ2n) is 5.06. The van der Waals surface area contributed by atoms with E-state index in [1.54, 1.807) is 6.07 Å². The Kier molecular flexibility index (Phi) is 4.52. The predicted molar refractivity (Wildman–Crippen MR) is 66.1 cm³/mol. The fourth-order valence-electron chi connectivity index (χ4n) is 1.12. The molecule has 0 spiro atoms. The van der Waals surface area contributed by atoms with E-state index < -0.39 is 6.10 Å². The highest BCUT2D eigenvalue weighted by atomic mass is 79.9. The van der Waals surface area contributed by atoms with Crippen LogP contribution in [0.4, 0.5) is 0 Å². The van der Waals surface area contributed by atoms with Crippen molar-refractivity contribution in [2.24, 2.45) is 5.41 Å². The summed E-state index contributed by atoms with van der Waals surface area (Å²) in [6.45, 7) is 9.02. The van der Waals surface area contributed by atoms with Gasteiger partial charge in [0.25, 0.3) is 0 Å². The lowest BCUT2D eigenvalue weighted by Crippen LogP contribution is -2.39. The fraction of sp³-hybridized carbons (Fsp3) is 0.727. The number of nitrogens with zero attached hydrogens (tertiary/aromatic N) is 1. The molecule has 16 heavy (non-hydrogen) atoms. The molecule has 92 valence electrons. The van der Waals surface area contributed by atoms with E-state index in [1.165, 1.54) is 0 Å². The van der Waals surface area contributed by atoms with Crippen molar-refractivity contribution in [1.29, 1.82) is 0 Å². The maximum atomic E-state index is 9.83. The van der Waals surface area contributed by atoms with Crippen LogP contribution >= 0.6 is 15.9 Å². The standard InChI is InChI=1S/C11H19BrN2O2/c1-7(11(2,3)4)13-6-8(15)9-5-10(12)14-16-9/h5,7-8,13,15H,6H2,1-4H3. The summed E-state index contributed by atoms with van der Waals surface area (Å²) in [6, 6.07) is 1.99. The van der Waals surface area contributed by atoms with Crippen molar-refractivity contribution in [2.75, 3.05) is 6.54 Å². The molecule has 4 nitrogen and oxygen atoms in total. The summed E-state index contributed by atoms with van der Waals surface area (Å²) in [5.74, 6) is 0.473. The van der Waals surface area contributed by atoms with E-state index in [-0.39, 0.29) is 5.41 Å². The van der Waals surface area contributed by atoms with E-state index in [0.717, 1.165) is 0 Å². The van der Waals surface area contributed by atoms with Gasteiger partial charge in [-0.1, -0.05) is 25.9 Å². The highest BCUT2D eigenvalue weighted by molar-refractivity contribution is 9.10. The van der Waals surface area contributed by atoms with Crippen LogP contribution in [0.2, 0.25) is 0 Å². The Bertz CT molecular complexity index is 333. The van der Waals surface area contributed by atoms with Crippen molar-refractivity contribution in [3.8, 4) is 0 Å². The molecule has 0 bridgehead atoms. The van der Waals surface area contributed by atoms with Crippen LogP contribution in [0.25, 0.3) is 0 Å². The van der Waals surface area contributed by atoms with Gasteiger partial charge in [-0.3, -0.25) is 0 Å². The topological polar surface area (TPSA) is 58.3 Å². The van der Waals surface area contributed by atoms with Gasteiger partial charge in [0.2, 0.25) is 0 Å². The molecule has 0 aliphatic carbocycles. The Morgan fingerprint density at radius 3 is 2.62 bits per heavy atom. The summed E-state index contributed by atoms with van der Waals surface area (Å²) < 4.78 is 5.56. The Morgan fingerprint density at radius 2 is 2.19 bits per heavy atom. The van der Waals surface area contributed by atoms with E-state index in [2.05, 4.69) is 54.1 Å². The first-order valence-corrected chi connectivity index (χ1v) is 6.13. The van der Waals surface area contributed by atoms with E-state index >= 15 is 0 Å². The van der Waals surface area contributed by atoms with Crippen molar-refractivity contribution in [1.82, 2.24) is 10.5 Å². The van der Waals surface area contributed by atoms with E-state index in [9.17, 15) is 5.11 Å². The zero-order chi connectivity index (χ0) is 12.3. The summed E-state index contributed by atoms with van der Waals surface area (Å²) in [5, 5.41) is 16.8. The second kappa shape index (κ2) is 5.29. The van der Waals surface area contributed by atoms with Gasteiger partial charge in [-0.05, 0) is 28.3 Å². The number of aliphatic hydroxyl groups is 1. The minimum Gasteiger partial charge on any atom is -0.384 e. The number of nitrogens with one attached hydrogen (secondary N) is 1. The normalized spacial score (nSPS) is 16.1. The molecule has 0 aromatic carbocycles. The van der Waals surface area contributed by atoms with E-state index in [0.29, 0.717) is 23.0 Å². The van der Waals surface area contributed by atoms with Gasteiger partial charge >= 0.3 is 0 Å². The van der Waals surface area contributed by atoms with Gasteiger partial charge in [-0.15, -0.1) is 0 Å². The van der Waals surface area contributed by atoms with Crippen molar-refractivity contribution < 1.29 is 9.63 Å². The monoisotopic (exact) mass is 290 g/mol. The molecule has 0 fully saturated rings. The summed E-state index contributed by atoms with van der Waals surface area (Å²) in [4.78, 5) is 0. The summed E-state index contributed by atoms with van der Waals surface area (Å²) >= 11 is 3.18. The molecule has 5 heteroatoms. The largest absolute Gasteiger partial charge is 0.384 e. The second-order valence-corrected chi connectivity index (χ2v) is 5.88. The van der Waals surface area contributed by atoms with Crippen molar-refractivity contribution in [3.05, 3.63) is 16.4 Å². The minimum absolute atomic E-state index is 0.168. The zero-order valence-corrected chi connectivity index (χ0v) is 11.7. The molecular formula is C11H19BrN2O2. The van der Waals surface area contributed by atoms with Crippen molar-refractivity contribution in [3.63, 3.8) is 0 Å². The first-order valence-electron chi connectivity index (χ1n) is 5.34. The Balaban J connectivity index is 2.44. The van der Waals surface area contributed by atoms with E-state index in [1.807, 2.05) is 0 Å². The first kappa shape index (κ1) is 13.7. The van der Waals surface area contributed by atoms with Crippen LogP contribution in [-0.4, -0.2) is 22.8 Å². The zero-order valence-electron chi connectivity index (χ0n) is 10.1. The van der Waals surface area contributed by atoms with Gasteiger partial charge in [0.15, 0.2) is 5.76 Å². The van der Waals surface area contributed by atoms with Gasteiger partial charge in [0.05, 0.1) is 0 Å². The van der Waals surface area contributed by atoms with Crippen molar-refractivity contribution >= 4 is 15.9 Å². The number of rotatable bonds is 4. The molecule has 1 rings (SSSR count). The third kappa shape index (κ3) is 3.88. The van der Waals surface area contributed by atoms with Crippen molar-refractivity contribution in [2.45, 2.75) is 39.8 Å². The number of hydrogen-bond acceptors (Lipinski definition) is 4. The van der Waals surface area contributed by atoms with Gasteiger partial charge in [0, 0.05) is 18.7 Å². The van der Waals surface area contributed by atoms with Gasteiger partial charge < -0.3 is 14.9 Å². The Labute approximate surface area is 105 Å². The third-order valence-corrected chi connectivity index (χ3v) is 3.12. The maximum Gasteiger partial charge on any atom is 0.167 e. The van der Waals surface area contributed by atoms with Crippen LogP contribution in [-0.2, 0) is 0 Å². The molecule has 0 radical (unpaired) electrons. The number of aromatic nitrogens is 1. The molecule has 1 aromatic rings. The van der Waals surface area contributed by atoms with Gasteiger partial charge in [-0.2, -0.15) is 0 Å². The predicted octanol–water partition coefficient (Wildman–Crippen LogP) is 2.49. The number of hydrogen-bond donors (Lipinski definition) is 2. The van der Waals surface area contributed by atoms with Gasteiger partial charge in [-0.25, -0.2) is 0 Å². The van der Waals surface area contributed by atoms with Crippen LogP contribution in [0.5, 0.6) is 0 Å². The number of halogens is 1. The molecule has 0 amide bonds. The summed E-state index contributed by atoms with van der Waals surface area (Å²) in [6.07, 6.45) is -0.663. The fourth-order valence-corrected chi connectivity index (χ4v) is 1.42. The Morgan fingerprint density at radius 1 is 1.56 bits per heavy atom. The molecule has 2 atom stereocenters. The highest BCUT2D eigenvalue weighted by Crippen LogP contribution is 2.20. The molecule has 1 heterocycles. The van der Waals surface area contributed by atoms with Crippen LogP contribution in [0, 0.1) is 5.41 Å². The molecular weight excluding hydrogens is 272 g/mol. The minimum atomic E-state index is -0.663. The molecule has 1 aromatic heterocycles. The lowest BCUT2D eigenvalue weighted by Gasteiger charge is -2.28. The first-order chi connectivity index (χ1) is 7.30. The van der Waals surface area contributed by atoms with Crippen LogP contribution in [0.15, 0.2) is 15.2 Å². The number of aliphatic hydroxyl groups excluding tert-OH is 1. The molecule has 0 saturated carbocycles. The van der Waals surface area contributed by atoms with Crippen LogP contribution < -0.4 is 5.32 Å². The smallest absolute Gasteiger partial charge is 0.167 e. The van der Waals surface area contributed by atoms with Gasteiger partial charge in [0.1, 0.15) is 10.7 Å². The highest BCUT2D eigenvalue weighted by Gasteiger charge is 2.21. The quantitative estimate of drug-likeness (QED) is 0.895. The average molecular weight is 291 g/mol. The molecule has 0 aliphatic heterocycles. The SMILES string of the molecule is CC(NCC(O)c1cc(Br)no1)C(C)(C)C. The Hall–Kier alpha value is -0.390. The summed E-state index contributed by atoms with van der Waals surface area (Å²) in [5.41, 5.74) is 0.168. The van der Waals surface area contributed by atoms with Crippen LogP contribution in [0.3, 0.4) is 0 Å². The summed E-state index contributed by atoms with van der Waals surface area (Å²) in [7, 11) is 0. The molecule has 0 saturated heterocycles.